The van der Waals surface area contributed by atoms with E-state index in [9.17, 15) is 9.50 Å². The first-order valence-corrected chi connectivity index (χ1v) is 8.72. The Labute approximate surface area is 144 Å². The lowest BCUT2D eigenvalue weighted by atomic mass is 10.1. The molecule has 0 spiro atoms. The monoisotopic (exact) mass is 329 g/mol. The molecule has 0 aliphatic rings. The number of aliphatic hydroxyl groups is 1. The molecular weight excluding hydrogens is 301 g/mol. The molecule has 1 atom stereocenters. The first-order chi connectivity index (χ1) is 11.5. The van der Waals surface area contributed by atoms with Gasteiger partial charge in [-0.3, -0.25) is 4.90 Å². The second-order valence-corrected chi connectivity index (χ2v) is 6.85. The molecule has 0 aromatic heterocycles. The third-order valence-electron chi connectivity index (χ3n) is 4.16. The summed E-state index contributed by atoms with van der Waals surface area (Å²) in [7, 11) is 0. The lowest BCUT2D eigenvalue weighted by Crippen LogP contribution is -2.34. The van der Waals surface area contributed by atoms with Gasteiger partial charge in [-0.15, -0.1) is 0 Å². The molecule has 1 unspecified atom stereocenters. The fourth-order valence-electron chi connectivity index (χ4n) is 2.79. The van der Waals surface area contributed by atoms with Gasteiger partial charge < -0.3 is 5.11 Å². The molecule has 2 aromatic carbocycles. The normalized spacial score (nSPS) is 12.8. The molecule has 0 aliphatic carbocycles. The SMILES string of the molecule is CC(C)CCN(Cc1ccccc1F)CC(O)Cc1ccccc1. The number of aliphatic hydroxyl groups excluding tert-OH is 1. The molecule has 0 saturated carbocycles. The average Bonchev–Trinajstić information content (AvgIpc) is 2.55. The van der Waals surface area contributed by atoms with E-state index in [1.54, 1.807) is 6.07 Å². The third-order valence-corrected chi connectivity index (χ3v) is 4.16. The van der Waals surface area contributed by atoms with Gasteiger partial charge in [-0.1, -0.05) is 62.4 Å². The molecule has 0 aliphatic heterocycles. The largest absolute Gasteiger partial charge is 0.391 e. The van der Waals surface area contributed by atoms with Gasteiger partial charge in [-0.05, 0) is 36.9 Å². The van der Waals surface area contributed by atoms with Gasteiger partial charge in [-0.2, -0.15) is 0 Å². The van der Waals surface area contributed by atoms with Crippen LogP contribution in [0.2, 0.25) is 0 Å². The summed E-state index contributed by atoms with van der Waals surface area (Å²) in [5, 5.41) is 10.5. The van der Waals surface area contributed by atoms with E-state index in [0.29, 0.717) is 31.0 Å². The summed E-state index contributed by atoms with van der Waals surface area (Å²) < 4.78 is 13.9. The van der Waals surface area contributed by atoms with Crippen LogP contribution in [0.15, 0.2) is 54.6 Å². The molecule has 130 valence electrons. The Morgan fingerprint density at radius 1 is 1.00 bits per heavy atom. The van der Waals surface area contributed by atoms with Crippen molar-refractivity contribution >= 4 is 0 Å². The van der Waals surface area contributed by atoms with E-state index >= 15 is 0 Å². The van der Waals surface area contributed by atoms with Crippen LogP contribution in [0.5, 0.6) is 0 Å². The van der Waals surface area contributed by atoms with Crippen LogP contribution in [-0.4, -0.2) is 29.2 Å². The molecule has 0 amide bonds. The number of halogens is 1. The van der Waals surface area contributed by atoms with E-state index in [-0.39, 0.29) is 5.82 Å². The van der Waals surface area contributed by atoms with Crippen molar-refractivity contribution in [2.45, 2.75) is 39.3 Å². The topological polar surface area (TPSA) is 23.5 Å². The zero-order valence-corrected chi connectivity index (χ0v) is 14.7. The zero-order valence-electron chi connectivity index (χ0n) is 14.7. The van der Waals surface area contributed by atoms with Gasteiger partial charge in [0.25, 0.3) is 0 Å². The lowest BCUT2D eigenvalue weighted by molar-refractivity contribution is 0.105. The molecule has 0 radical (unpaired) electrons. The molecule has 2 rings (SSSR count). The Bertz CT molecular complexity index is 600. The highest BCUT2D eigenvalue weighted by molar-refractivity contribution is 5.17. The summed E-state index contributed by atoms with van der Waals surface area (Å²) in [6, 6.07) is 16.9. The Morgan fingerprint density at radius 3 is 2.33 bits per heavy atom. The van der Waals surface area contributed by atoms with Crippen molar-refractivity contribution in [2.75, 3.05) is 13.1 Å². The van der Waals surface area contributed by atoms with Crippen molar-refractivity contribution in [2.24, 2.45) is 5.92 Å². The quantitative estimate of drug-likeness (QED) is 0.742. The standard InChI is InChI=1S/C21H28FNO/c1-17(2)12-13-23(15-19-10-6-7-11-21(19)22)16-20(24)14-18-8-4-3-5-9-18/h3-11,17,20,24H,12-16H2,1-2H3. The van der Waals surface area contributed by atoms with E-state index in [0.717, 1.165) is 18.5 Å². The van der Waals surface area contributed by atoms with E-state index < -0.39 is 6.10 Å². The molecule has 3 heteroatoms. The summed E-state index contributed by atoms with van der Waals surface area (Å²) in [6.07, 6.45) is 1.20. The molecule has 0 heterocycles. The molecule has 0 fully saturated rings. The number of nitrogens with zero attached hydrogens (tertiary/aromatic N) is 1. The van der Waals surface area contributed by atoms with Gasteiger partial charge in [0.05, 0.1) is 6.10 Å². The second kappa shape index (κ2) is 9.55. The second-order valence-electron chi connectivity index (χ2n) is 6.85. The smallest absolute Gasteiger partial charge is 0.127 e. The number of hydrogen-bond donors (Lipinski definition) is 1. The van der Waals surface area contributed by atoms with Gasteiger partial charge in [0.1, 0.15) is 5.82 Å². The molecule has 2 nitrogen and oxygen atoms in total. The van der Waals surface area contributed by atoms with E-state index in [4.69, 9.17) is 0 Å². The molecule has 0 bridgehead atoms. The Morgan fingerprint density at radius 2 is 1.67 bits per heavy atom. The highest BCUT2D eigenvalue weighted by atomic mass is 19.1. The van der Waals surface area contributed by atoms with Crippen LogP contribution < -0.4 is 0 Å². The van der Waals surface area contributed by atoms with Crippen molar-refractivity contribution in [3.05, 3.63) is 71.5 Å². The summed E-state index contributed by atoms with van der Waals surface area (Å²) in [5.74, 6) is 0.406. The third kappa shape index (κ3) is 6.42. The summed E-state index contributed by atoms with van der Waals surface area (Å²) in [4.78, 5) is 2.16. The molecule has 2 aromatic rings. The van der Waals surface area contributed by atoms with Gasteiger partial charge in [0.15, 0.2) is 0 Å². The predicted molar refractivity (Wildman–Crippen MR) is 97.3 cm³/mol. The summed E-state index contributed by atoms with van der Waals surface area (Å²) in [5.41, 5.74) is 1.81. The lowest BCUT2D eigenvalue weighted by Gasteiger charge is -2.26. The molecule has 0 saturated heterocycles. The summed E-state index contributed by atoms with van der Waals surface area (Å²) in [6.45, 7) is 6.31. The van der Waals surface area contributed by atoms with Crippen molar-refractivity contribution in [1.29, 1.82) is 0 Å². The minimum Gasteiger partial charge on any atom is -0.391 e. The van der Waals surface area contributed by atoms with Crippen LogP contribution in [0.25, 0.3) is 0 Å². The Balaban J connectivity index is 1.98. The Hall–Kier alpha value is -1.71. The fraction of sp³-hybridized carbons (Fsp3) is 0.429. The highest BCUT2D eigenvalue weighted by Gasteiger charge is 2.15. The molecule has 24 heavy (non-hydrogen) atoms. The van der Waals surface area contributed by atoms with Crippen LogP contribution in [0.1, 0.15) is 31.4 Å². The molecule has 1 N–H and O–H groups in total. The van der Waals surface area contributed by atoms with Crippen LogP contribution in [0.4, 0.5) is 4.39 Å². The van der Waals surface area contributed by atoms with Crippen LogP contribution >= 0.6 is 0 Å². The minimum atomic E-state index is -0.452. The maximum Gasteiger partial charge on any atom is 0.127 e. The van der Waals surface area contributed by atoms with Crippen LogP contribution in [0.3, 0.4) is 0 Å². The van der Waals surface area contributed by atoms with Crippen LogP contribution in [-0.2, 0) is 13.0 Å². The van der Waals surface area contributed by atoms with Gasteiger partial charge in [-0.25, -0.2) is 4.39 Å². The summed E-state index contributed by atoms with van der Waals surface area (Å²) >= 11 is 0. The van der Waals surface area contributed by atoms with Gasteiger partial charge in [0.2, 0.25) is 0 Å². The predicted octanol–water partition coefficient (Wildman–Crippen LogP) is 4.28. The van der Waals surface area contributed by atoms with Gasteiger partial charge in [0, 0.05) is 18.7 Å². The number of benzene rings is 2. The van der Waals surface area contributed by atoms with Gasteiger partial charge >= 0.3 is 0 Å². The maximum atomic E-state index is 13.9. The molecular formula is C21H28FNO. The van der Waals surface area contributed by atoms with Crippen molar-refractivity contribution in [3.63, 3.8) is 0 Å². The zero-order chi connectivity index (χ0) is 17.4. The van der Waals surface area contributed by atoms with E-state index in [1.165, 1.54) is 6.07 Å². The number of hydrogen-bond acceptors (Lipinski definition) is 2. The fourth-order valence-corrected chi connectivity index (χ4v) is 2.79. The van der Waals surface area contributed by atoms with Crippen molar-refractivity contribution < 1.29 is 9.50 Å². The highest BCUT2D eigenvalue weighted by Crippen LogP contribution is 2.13. The van der Waals surface area contributed by atoms with Crippen molar-refractivity contribution in [1.82, 2.24) is 4.90 Å². The average molecular weight is 329 g/mol. The maximum absolute atomic E-state index is 13.9. The van der Waals surface area contributed by atoms with Crippen LogP contribution in [0, 0.1) is 11.7 Å². The van der Waals surface area contributed by atoms with E-state index in [1.807, 2.05) is 42.5 Å². The first kappa shape index (κ1) is 18.6. The number of rotatable bonds is 9. The first-order valence-electron chi connectivity index (χ1n) is 8.72. The van der Waals surface area contributed by atoms with Crippen molar-refractivity contribution in [3.8, 4) is 0 Å². The minimum absolute atomic E-state index is 0.176. The van der Waals surface area contributed by atoms with E-state index in [2.05, 4.69) is 18.7 Å². The Kier molecular flexibility index (Phi) is 7.41.